The van der Waals surface area contributed by atoms with Crippen molar-refractivity contribution in [1.82, 2.24) is 0 Å². The highest BCUT2D eigenvalue weighted by atomic mass is 32.2. The molecule has 168 valence electrons. The number of para-hydroxylation sites is 3. The molecule has 0 heterocycles. The van der Waals surface area contributed by atoms with Gasteiger partial charge in [0.2, 0.25) is 5.91 Å². The third-order valence-electron chi connectivity index (χ3n) is 5.03. The Hall–Kier alpha value is -3.52. The first-order valence-electron chi connectivity index (χ1n) is 9.94. The van der Waals surface area contributed by atoms with Gasteiger partial charge in [-0.05, 0) is 61.4 Å². The molecule has 1 N–H and O–H groups in total. The number of ether oxygens (including phenoxy) is 2. The number of hydrogen-bond acceptors (Lipinski definition) is 5. The van der Waals surface area contributed by atoms with Gasteiger partial charge in [-0.2, -0.15) is 0 Å². The van der Waals surface area contributed by atoms with Gasteiger partial charge in [0.05, 0.1) is 24.8 Å². The average Bonchev–Trinajstić information content (AvgIpc) is 2.80. The van der Waals surface area contributed by atoms with Crippen LogP contribution in [0.4, 0.5) is 11.4 Å². The molecule has 3 rings (SSSR count). The van der Waals surface area contributed by atoms with Crippen LogP contribution in [-0.2, 0) is 14.8 Å². The smallest absolute Gasteiger partial charge is 0.264 e. The van der Waals surface area contributed by atoms with Gasteiger partial charge in [-0.1, -0.05) is 30.3 Å². The summed E-state index contributed by atoms with van der Waals surface area (Å²) in [6.45, 7) is 3.34. The van der Waals surface area contributed by atoms with Crippen molar-refractivity contribution in [1.29, 1.82) is 0 Å². The minimum Gasteiger partial charge on any atom is -0.497 e. The van der Waals surface area contributed by atoms with Gasteiger partial charge in [-0.25, -0.2) is 8.42 Å². The monoisotopic (exact) mass is 454 g/mol. The van der Waals surface area contributed by atoms with Crippen molar-refractivity contribution in [3.05, 3.63) is 77.9 Å². The van der Waals surface area contributed by atoms with Crippen molar-refractivity contribution in [2.45, 2.75) is 18.7 Å². The molecule has 8 heteroatoms. The van der Waals surface area contributed by atoms with Crippen LogP contribution in [0.25, 0.3) is 0 Å². The molecule has 0 saturated heterocycles. The molecule has 32 heavy (non-hydrogen) atoms. The lowest BCUT2D eigenvalue weighted by Gasteiger charge is -2.26. The number of hydrogen-bond donors (Lipinski definition) is 1. The SMILES string of the molecule is COc1ccc(S(=O)(=O)N(CC(=O)Nc2c(C)cccc2C)c2ccccc2OC)cc1. The molecule has 0 bridgehead atoms. The van der Waals surface area contributed by atoms with Crippen LogP contribution in [0.2, 0.25) is 0 Å². The van der Waals surface area contributed by atoms with Crippen molar-refractivity contribution < 1.29 is 22.7 Å². The zero-order chi connectivity index (χ0) is 23.3. The molecule has 7 nitrogen and oxygen atoms in total. The van der Waals surface area contributed by atoms with Crippen LogP contribution in [-0.4, -0.2) is 35.1 Å². The van der Waals surface area contributed by atoms with E-state index >= 15 is 0 Å². The summed E-state index contributed by atoms with van der Waals surface area (Å²) in [5.41, 5.74) is 2.71. The summed E-state index contributed by atoms with van der Waals surface area (Å²) in [6.07, 6.45) is 0. The van der Waals surface area contributed by atoms with Crippen molar-refractivity contribution in [2.75, 3.05) is 30.4 Å². The van der Waals surface area contributed by atoms with Crippen LogP contribution in [0.3, 0.4) is 0 Å². The molecule has 3 aromatic rings. The molecule has 0 fully saturated rings. The minimum absolute atomic E-state index is 0.0316. The second kappa shape index (κ2) is 9.74. The number of anilines is 2. The van der Waals surface area contributed by atoms with Gasteiger partial charge in [0.25, 0.3) is 10.0 Å². The lowest BCUT2D eigenvalue weighted by atomic mass is 10.1. The Morgan fingerprint density at radius 2 is 1.50 bits per heavy atom. The molecule has 3 aromatic carbocycles. The predicted octanol–water partition coefficient (Wildman–Crippen LogP) is 4.15. The van der Waals surface area contributed by atoms with Crippen LogP contribution < -0.4 is 19.1 Å². The minimum atomic E-state index is -4.08. The number of benzene rings is 3. The van der Waals surface area contributed by atoms with Crippen LogP contribution in [0.15, 0.2) is 71.6 Å². The Labute approximate surface area is 188 Å². The Bertz CT molecular complexity index is 1190. The third kappa shape index (κ3) is 4.86. The number of amides is 1. The summed E-state index contributed by atoms with van der Waals surface area (Å²) in [5.74, 6) is 0.399. The fourth-order valence-corrected chi connectivity index (χ4v) is 4.76. The number of methoxy groups -OCH3 is 2. The Balaban J connectivity index is 2.02. The third-order valence-corrected chi connectivity index (χ3v) is 6.81. The highest BCUT2D eigenvalue weighted by Gasteiger charge is 2.29. The van der Waals surface area contributed by atoms with Gasteiger partial charge < -0.3 is 14.8 Å². The summed E-state index contributed by atoms with van der Waals surface area (Å²) in [5, 5.41) is 2.85. The van der Waals surface area contributed by atoms with Gasteiger partial charge in [-0.3, -0.25) is 9.10 Å². The topological polar surface area (TPSA) is 84.9 Å². The number of carbonyl (C=O) groups is 1. The maximum Gasteiger partial charge on any atom is 0.264 e. The van der Waals surface area contributed by atoms with Gasteiger partial charge >= 0.3 is 0 Å². The number of carbonyl (C=O) groups excluding carboxylic acids is 1. The van der Waals surface area contributed by atoms with E-state index in [1.165, 1.54) is 26.4 Å². The van der Waals surface area contributed by atoms with E-state index < -0.39 is 22.5 Å². The summed E-state index contributed by atoms with van der Waals surface area (Å²) in [4.78, 5) is 13.0. The summed E-state index contributed by atoms with van der Waals surface area (Å²) < 4.78 is 38.7. The average molecular weight is 455 g/mol. The zero-order valence-corrected chi connectivity index (χ0v) is 19.3. The number of aryl methyl sites for hydroxylation is 2. The van der Waals surface area contributed by atoms with E-state index in [0.29, 0.717) is 17.2 Å². The van der Waals surface area contributed by atoms with Crippen molar-refractivity contribution in [2.24, 2.45) is 0 Å². The zero-order valence-electron chi connectivity index (χ0n) is 18.5. The quantitative estimate of drug-likeness (QED) is 0.553. The lowest BCUT2D eigenvalue weighted by molar-refractivity contribution is -0.114. The molecule has 0 unspecified atom stereocenters. The molecule has 0 aromatic heterocycles. The van der Waals surface area contributed by atoms with Crippen molar-refractivity contribution in [3.8, 4) is 11.5 Å². The number of nitrogens with one attached hydrogen (secondary N) is 1. The Kier molecular flexibility index (Phi) is 7.05. The van der Waals surface area contributed by atoms with E-state index in [1.54, 1.807) is 36.4 Å². The molecule has 0 saturated carbocycles. The predicted molar refractivity (Wildman–Crippen MR) is 125 cm³/mol. The van der Waals surface area contributed by atoms with Gasteiger partial charge in [0, 0.05) is 5.69 Å². The van der Waals surface area contributed by atoms with Crippen LogP contribution >= 0.6 is 0 Å². The second-order valence-electron chi connectivity index (χ2n) is 7.17. The summed E-state index contributed by atoms with van der Waals surface area (Å²) in [6, 6.07) is 18.4. The van der Waals surface area contributed by atoms with Crippen LogP contribution in [0.5, 0.6) is 11.5 Å². The molecule has 0 atom stereocenters. The van der Waals surface area contributed by atoms with E-state index in [1.807, 2.05) is 32.0 Å². The Morgan fingerprint density at radius 1 is 0.875 bits per heavy atom. The second-order valence-corrected chi connectivity index (χ2v) is 9.04. The largest absolute Gasteiger partial charge is 0.497 e. The molecule has 0 aliphatic rings. The Morgan fingerprint density at radius 3 is 2.09 bits per heavy atom. The summed E-state index contributed by atoms with van der Waals surface area (Å²) >= 11 is 0. The van der Waals surface area contributed by atoms with E-state index in [0.717, 1.165) is 15.4 Å². The van der Waals surface area contributed by atoms with Gasteiger partial charge in [0.15, 0.2) is 0 Å². The molecular formula is C24H26N2O5S. The maximum absolute atomic E-state index is 13.6. The molecule has 0 spiro atoms. The van der Waals surface area contributed by atoms with E-state index in [4.69, 9.17) is 9.47 Å². The van der Waals surface area contributed by atoms with E-state index in [-0.39, 0.29) is 10.6 Å². The fourth-order valence-electron chi connectivity index (χ4n) is 3.33. The first-order chi connectivity index (χ1) is 15.3. The lowest BCUT2D eigenvalue weighted by Crippen LogP contribution is -2.38. The normalized spacial score (nSPS) is 11.0. The van der Waals surface area contributed by atoms with Gasteiger partial charge in [0.1, 0.15) is 18.0 Å². The first-order valence-corrected chi connectivity index (χ1v) is 11.4. The number of nitrogens with zero attached hydrogens (tertiary/aromatic N) is 1. The maximum atomic E-state index is 13.6. The first kappa shape index (κ1) is 23.1. The molecule has 0 radical (unpaired) electrons. The van der Waals surface area contributed by atoms with E-state index in [2.05, 4.69) is 5.32 Å². The van der Waals surface area contributed by atoms with Crippen molar-refractivity contribution in [3.63, 3.8) is 0 Å². The summed E-state index contributed by atoms with van der Waals surface area (Å²) in [7, 11) is -1.13. The van der Waals surface area contributed by atoms with E-state index in [9.17, 15) is 13.2 Å². The standard InChI is InChI=1S/C24H26N2O5S/c1-17-8-7-9-18(2)24(17)25-23(27)16-26(21-10-5-6-11-22(21)31-4)32(28,29)20-14-12-19(30-3)13-15-20/h5-15H,16H2,1-4H3,(H,25,27). The van der Waals surface area contributed by atoms with Gasteiger partial charge in [-0.15, -0.1) is 0 Å². The molecular weight excluding hydrogens is 428 g/mol. The molecule has 0 aliphatic heterocycles. The van der Waals surface area contributed by atoms with Crippen LogP contribution in [0.1, 0.15) is 11.1 Å². The fraction of sp³-hybridized carbons (Fsp3) is 0.208. The highest BCUT2D eigenvalue weighted by Crippen LogP contribution is 2.32. The van der Waals surface area contributed by atoms with Crippen LogP contribution in [0, 0.1) is 13.8 Å². The molecule has 0 aliphatic carbocycles. The highest BCUT2D eigenvalue weighted by molar-refractivity contribution is 7.92. The number of sulfonamides is 1. The van der Waals surface area contributed by atoms with Crippen molar-refractivity contribution >= 4 is 27.3 Å². The molecule has 1 amide bonds. The number of rotatable bonds is 8.